The Morgan fingerprint density at radius 3 is 2.06 bits per heavy atom. The summed E-state index contributed by atoms with van der Waals surface area (Å²) in [6.45, 7) is 0. The predicted molar refractivity (Wildman–Crippen MR) is 72.3 cm³/mol. The molecular formula is C16H12O. The highest BCUT2D eigenvalue weighted by molar-refractivity contribution is 5.89. The summed E-state index contributed by atoms with van der Waals surface area (Å²) in [5, 5.41) is 10.1. The van der Waals surface area contributed by atoms with Crippen molar-refractivity contribution < 1.29 is 5.11 Å². The summed E-state index contributed by atoms with van der Waals surface area (Å²) in [6, 6.07) is 15.9. The van der Waals surface area contributed by atoms with Gasteiger partial charge >= 0.3 is 0 Å². The van der Waals surface area contributed by atoms with E-state index in [1.807, 2.05) is 60.7 Å². The molecule has 0 saturated heterocycles. The average Bonchev–Trinajstić information content (AvgIpc) is 2.36. The maximum atomic E-state index is 10.1. The molecule has 1 heteroatoms. The van der Waals surface area contributed by atoms with Gasteiger partial charge in [0.1, 0.15) is 5.76 Å². The molecule has 2 aromatic rings. The van der Waals surface area contributed by atoms with Crippen LogP contribution >= 0.6 is 0 Å². The smallest absolute Gasteiger partial charge is 0.124 e. The molecular weight excluding hydrogens is 208 g/mol. The molecule has 82 valence electrons. The third-order valence-electron chi connectivity index (χ3n) is 2.97. The molecule has 1 nitrogen and oxygen atoms in total. The molecule has 0 unspecified atom stereocenters. The molecule has 1 aliphatic carbocycles. The van der Waals surface area contributed by atoms with E-state index >= 15 is 0 Å². The van der Waals surface area contributed by atoms with Gasteiger partial charge in [0.05, 0.1) is 0 Å². The first-order valence-electron chi connectivity index (χ1n) is 5.62. The summed E-state index contributed by atoms with van der Waals surface area (Å²) < 4.78 is 0. The lowest BCUT2D eigenvalue weighted by atomic mass is 9.97. The predicted octanol–water partition coefficient (Wildman–Crippen LogP) is 4.23. The Hall–Kier alpha value is -2.28. The van der Waals surface area contributed by atoms with Gasteiger partial charge in [-0.25, -0.2) is 0 Å². The Balaban J connectivity index is 2.25. The highest BCUT2D eigenvalue weighted by Crippen LogP contribution is 2.26. The van der Waals surface area contributed by atoms with E-state index in [0.29, 0.717) is 5.76 Å². The largest absolute Gasteiger partial charge is 0.507 e. The van der Waals surface area contributed by atoms with Crippen LogP contribution in [-0.2, 0) is 0 Å². The highest BCUT2D eigenvalue weighted by atomic mass is 16.3. The van der Waals surface area contributed by atoms with E-state index in [2.05, 4.69) is 6.08 Å². The van der Waals surface area contributed by atoms with Crippen molar-refractivity contribution in [3.05, 3.63) is 70.8 Å². The van der Waals surface area contributed by atoms with Crippen LogP contribution in [0.25, 0.3) is 24.0 Å². The van der Waals surface area contributed by atoms with Gasteiger partial charge in [-0.1, -0.05) is 60.7 Å². The summed E-state index contributed by atoms with van der Waals surface area (Å²) in [6.07, 6.45) is 5.94. The fourth-order valence-corrected chi connectivity index (χ4v) is 2.07. The van der Waals surface area contributed by atoms with Crippen LogP contribution in [0.2, 0.25) is 0 Å². The zero-order valence-electron chi connectivity index (χ0n) is 9.30. The maximum Gasteiger partial charge on any atom is 0.124 e. The van der Waals surface area contributed by atoms with Gasteiger partial charge in [0.2, 0.25) is 0 Å². The quantitative estimate of drug-likeness (QED) is 0.704. The maximum absolute atomic E-state index is 10.1. The summed E-state index contributed by atoms with van der Waals surface area (Å²) in [5.74, 6) is 0.317. The third kappa shape index (κ3) is 1.76. The van der Waals surface area contributed by atoms with E-state index in [9.17, 15) is 5.11 Å². The summed E-state index contributed by atoms with van der Waals surface area (Å²) in [4.78, 5) is 0. The second-order valence-electron chi connectivity index (χ2n) is 4.08. The minimum absolute atomic E-state index is 0.317. The van der Waals surface area contributed by atoms with Crippen molar-refractivity contribution in [3.8, 4) is 0 Å². The van der Waals surface area contributed by atoms with Crippen molar-refractivity contribution >= 4 is 24.0 Å². The molecule has 1 aliphatic rings. The van der Waals surface area contributed by atoms with Crippen molar-refractivity contribution in [2.75, 3.05) is 0 Å². The van der Waals surface area contributed by atoms with Crippen LogP contribution in [0.4, 0.5) is 0 Å². The van der Waals surface area contributed by atoms with Gasteiger partial charge < -0.3 is 5.11 Å². The number of fused-ring (bicyclic) bond motifs is 2. The summed E-state index contributed by atoms with van der Waals surface area (Å²) in [5.41, 5.74) is 4.07. The van der Waals surface area contributed by atoms with Crippen molar-refractivity contribution in [1.29, 1.82) is 0 Å². The minimum Gasteiger partial charge on any atom is -0.507 e. The zero-order chi connectivity index (χ0) is 11.7. The van der Waals surface area contributed by atoms with Gasteiger partial charge in [-0.2, -0.15) is 0 Å². The number of rotatable bonds is 0. The van der Waals surface area contributed by atoms with E-state index < -0.39 is 0 Å². The van der Waals surface area contributed by atoms with Crippen molar-refractivity contribution in [1.82, 2.24) is 0 Å². The van der Waals surface area contributed by atoms with Crippen molar-refractivity contribution in [2.24, 2.45) is 0 Å². The molecule has 0 aromatic heterocycles. The molecule has 0 bridgehead atoms. The molecule has 0 heterocycles. The molecule has 0 spiro atoms. The van der Waals surface area contributed by atoms with Crippen molar-refractivity contribution in [2.45, 2.75) is 0 Å². The minimum atomic E-state index is 0.317. The fraction of sp³-hybridized carbons (Fsp3) is 0. The third-order valence-corrected chi connectivity index (χ3v) is 2.97. The Morgan fingerprint density at radius 1 is 0.647 bits per heavy atom. The van der Waals surface area contributed by atoms with Crippen LogP contribution in [0, 0.1) is 0 Å². The summed E-state index contributed by atoms with van der Waals surface area (Å²) in [7, 11) is 0. The summed E-state index contributed by atoms with van der Waals surface area (Å²) >= 11 is 0. The second kappa shape index (κ2) is 3.95. The van der Waals surface area contributed by atoms with E-state index in [0.717, 1.165) is 22.3 Å². The molecule has 2 aromatic carbocycles. The Labute approximate surface area is 100 Å². The van der Waals surface area contributed by atoms with Gasteiger partial charge in [-0.05, 0) is 22.8 Å². The normalized spacial score (nSPS) is 14.9. The van der Waals surface area contributed by atoms with Crippen LogP contribution in [0.1, 0.15) is 22.3 Å². The first-order valence-corrected chi connectivity index (χ1v) is 5.62. The second-order valence-corrected chi connectivity index (χ2v) is 4.08. The monoisotopic (exact) mass is 220 g/mol. The molecule has 0 radical (unpaired) electrons. The number of hydrogen-bond donors (Lipinski definition) is 1. The SMILES string of the molecule is OC1=Cc2ccccc2/C=C\c2ccccc21. The molecule has 0 saturated carbocycles. The fourth-order valence-electron chi connectivity index (χ4n) is 2.07. The first-order chi connectivity index (χ1) is 8.34. The van der Waals surface area contributed by atoms with Crippen LogP contribution < -0.4 is 0 Å². The van der Waals surface area contributed by atoms with Crippen LogP contribution in [0.15, 0.2) is 48.5 Å². The molecule has 0 amide bonds. The molecule has 3 rings (SSSR count). The topological polar surface area (TPSA) is 20.2 Å². The zero-order valence-corrected chi connectivity index (χ0v) is 9.30. The molecule has 0 fully saturated rings. The van der Waals surface area contributed by atoms with E-state index in [-0.39, 0.29) is 0 Å². The van der Waals surface area contributed by atoms with Crippen molar-refractivity contribution in [3.63, 3.8) is 0 Å². The number of aliphatic hydroxyl groups is 1. The molecule has 1 N–H and O–H groups in total. The highest BCUT2D eigenvalue weighted by Gasteiger charge is 2.07. The lowest BCUT2D eigenvalue weighted by Crippen LogP contribution is -1.91. The Kier molecular flexibility index (Phi) is 2.30. The van der Waals surface area contributed by atoms with Gasteiger partial charge in [0.25, 0.3) is 0 Å². The van der Waals surface area contributed by atoms with Gasteiger partial charge in [0, 0.05) is 5.56 Å². The Morgan fingerprint density at radius 2 is 1.24 bits per heavy atom. The van der Waals surface area contributed by atoms with E-state index in [4.69, 9.17) is 0 Å². The molecule has 17 heavy (non-hydrogen) atoms. The van der Waals surface area contributed by atoms with E-state index in [1.54, 1.807) is 0 Å². The van der Waals surface area contributed by atoms with E-state index in [1.165, 1.54) is 0 Å². The number of aliphatic hydroxyl groups excluding tert-OH is 1. The molecule has 0 atom stereocenters. The van der Waals surface area contributed by atoms with Crippen LogP contribution in [0.3, 0.4) is 0 Å². The van der Waals surface area contributed by atoms with Crippen LogP contribution in [0.5, 0.6) is 0 Å². The Bertz CT molecular complexity index is 621. The average molecular weight is 220 g/mol. The van der Waals surface area contributed by atoms with Crippen LogP contribution in [-0.4, -0.2) is 5.11 Å². The number of hydrogen-bond acceptors (Lipinski definition) is 1. The van der Waals surface area contributed by atoms with Gasteiger partial charge in [-0.3, -0.25) is 0 Å². The van der Waals surface area contributed by atoms with Gasteiger partial charge in [0.15, 0.2) is 0 Å². The number of benzene rings is 2. The lowest BCUT2D eigenvalue weighted by molar-refractivity contribution is 0.515. The lowest BCUT2D eigenvalue weighted by Gasteiger charge is -2.10. The van der Waals surface area contributed by atoms with Gasteiger partial charge in [-0.15, -0.1) is 0 Å². The standard InChI is InChI=1S/C16H12O/c17-16-11-14-7-2-1-5-12(14)9-10-13-6-3-4-8-15(13)16/h1-11,17H/b10-9-,12-9?,13-10?,14-11?,16-11?,16-15?. The molecule has 0 aliphatic heterocycles. The first kappa shape index (κ1) is 9.91.